The molecule has 2 heterocycles. The summed E-state index contributed by atoms with van der Waals surface area (Å²) in [5.74, 6) is -1.95. The van der Waals surface area contributed by atoms with Crippen LogP contribution in [0.5, 0.6) is 0 Å². The van der Waals surface area contributed by atoms with Gasteiger partial charge >= 0.3 is 12.1 Å². The minimum absolute atomic E-state index is 0.0574. The number of alkyl halides is 3. The van der Waals surface area contributed by atoms with E-state index in [1.165, 1.54) is 28.9 Å². The molecular weight excluding hydrogens is 465 g/mol. The fourth-order valence-electron chi connectivity index (χ4n) is 4.13. The first-order chi connectivity index (χ1) is 16.6. The number of nitrogens with one attached hydrogen (secondary N) is 1. The highest BCUT2D eigenvalue weighted by Gasteiger charge is 2.44. The van der Waals surface area contributed by atoms with Crippen molar-refractivity contribution in [3.8, 4) is 0 Å². The number of nitrogens with zero attached hydrogens (tertiary/aromatic N) is 3. The summed E-state index contributed by atoms with van der Waals surface area (Å²) in [6.45, 7) is 2.24. The summed E-state index contributed by atoms with van der Waals surface area (Å²) >= 11 is 0. The largest absolute Gasteiger partial charge is 0.478 e. The van der Waals surface area contributed by atoms with Crippen molar-refractivity contribution in [2.24, 2.45) is 0 Å². The highest BCUT2D eigenvalue weighted by atomic mass is 19.4. The third kappa shape index (κ3) is 4.99. The van der Waals surface area contributed by atoms with E-state index < -0.39 is 35.4 Å². The van der Waals surface area contributed by atoms with Gasteiger partial charge in [-0.15, -0.1) is 0 Å². The van der Waals surface area contributed by atoms with E-state index in [0.29, 0.717) is 17.7 Å². The SMILES string of the molecule is C[C@H](NC(=O)c1c(C(F)(F)F)nn2c1N(Cc1cccc(CO)c1)CC2)c1ccc(C(=O)O)cc1. The molecule has 0 aliphatic carbocycles. The maximum Gasteiger partial charge on any atom is 0.436 e. The zero-order valence-electron chi connectivity index (χ0n) is 18.7. The van der Waals surface area contributed by atoms with E-state index in [4.69, 9.17) is 5.11 Å². The summed E-state index contributed by atoms with van der Waals surface area (Å²) in [6.07, 6.45) is -4.83. The molecule has 8 nitrogen and oxygen atoms in total. The Balaban J connectivity index is 1.64. The van der Waals surface area contributed by atoms with Gasteiger partial charge in [0.25, 0.3) is 5.91 Å². The standard InChI is InChI=1S/C24H23F3N4O4/c1-14(17-5-7-18(8-6-17)23(34)35)28-21(33)19-20(24(25,26)27)29-31-10-9-30(22(19)31)12-15-3-2-4-16(11-15)13-32/h2-8,11,14,32H,9-10,12-13H2,1H3,(H,28,33)(H,34,35)/t14-/m0/s1. The summed E-state index contributed by atoms with van der Waals surface area (Å²) in [4.78, 5) is 25.9. The fourth-order valence-corrected chi connectivity index (χ4v) is 4.13. The quantitative estimate of drug-likeness (QED) is 0.469. The Morgan fingerprint density at radius 1 is 1.11 bits per heavy atom. The van der Waals surface area contributed by atoms with Crippen molar-refractivity contribution in [3.05, 3.63) is 82.0 Å². The number of fused-ring (bicyclic) bond motifs is 1. The van der Waals surface area contributed by atoms with E-state index in [1.807, 2.05) is 0 Å². The molecule has 0 saturated heterocycles. The first-order valence-electron chi connectivity index (χ1n) is 10.8. The molecule has 0 unspecified atom stereocenters. The van der Waals surface area contributed by atoms with Crippen LogP contribution in [0.3, 0.4) is 0 Å². The second kappa shape index (κ2) is 9.41. The maximum atomic E-state index is 13.8. The molecule has 0 saturated carbocycles. The van der Waals surface area contributed by atoms with Crippen LogP contribution in [0.4, 0.5) is 19.0 Å². The van der Waals surface area contributed by atoms with Crippen molar-refractivity contribution in [2.75, 3.05) is 11.4 Å². The number of aromatic nitrogens is 2. The molecule has 0 spiro atoms. The predicted octanol–water partition coefficient (Wildman–Crippen LogP) is 3.60. The Labute approximate surface area is 198 Å². The fraction of sp³-hybridized carbons (Fsp3) is 0.292. The van der Waals surface area contributed by atoms with Gasteiger partial charge in [-0.2, -0.15) is 18.3 Å². The Bertz CT molecular complexity index is 1250. The van der Waals surface area contributed by atoms with Crippen molar-refractivity contribution in [2.45, 2.75) is 38.8 Å². The van der Waals surface area contributed by atoms with Gasteiger partial charge in [-0.1, -0.05) is 36.4 Å². The minimum Gasteiger partial charge on any atom is -0.478 e. The van der Waals surface area contributed by atoms with Gasteiger partial charge in [-0.25, -0.2) is 9.48 Å². The number of halogens is 3. The van der Waals surface area contributed by atoms with Crippen molar-refractivity contribution < 1.29 is 33.0 Å². The molecule has 0 bridgehead atoms. The van der Waals surface area contributed by atoms with Crippen molar-refractivity contribution in [3.63, 3.8) is 0 Å². The summed E-state index contributed by atoms with van der Waals surface area (Å²) in [5, 5.41) is 24.7. The van der Waals surface area contributed by atoms with Crippen LogP contribution in [-0.4, -0.2) is 38.4 Å². The van der Waals surface area contributed by atoms with E-state index in [9.17, 15) is 27.9 Å². The van der Waals surface area contributed by atoms with Gasteiger partial charge in [0.15, 0.2) is 5.69 Å². The van der Waals surface area contributed by atoms with Crippen LogP contribution in [0.15, 0.2) is 48.5 Å². The first kappa shape index (κ1) is 24.3. The van der Waals surface area contributed by atoms with Crippen LogP contribution in [-0.2, 0) is 25.9 Å². The van der Waals surface area contributed by atoms with Crippen molar-refractivity contribution >= 4 is 17.7 Å². The van der Waals surface area contributed by atoms with Crippen LogP contribution in [0.25, 0.3) is 0 Å². The number of carboxylic acids is 1. The number of carbonyl (C=O) groups is 2. The molecule has 0 radical (unpaired) electrons. The maximum absolute atomic E-state index is 13.8. The third-order valence-electron chi connectivity index (χ3n) is 5.86. The number of carboxylic acid groups (broad SMARTS) is 1. The van der Waals surface area contributed by atoms with E-state index in [2.05, 4.69) is 10.4 Å². The van der Waals surface area contributed by atoms with Crippen molar-refractivity contribution in [1.29, 1.82) is 0 Å². The lowest BCUT2D eigenvalue weighted by molar-refractivity contribution is -0.141. The lowest BCUT2D eigenvalue weighted by Gasteiger charge is -2.21. The van der Waals surface area contributed by atoms with E-state index in [-0.39, 0.29) is 31.1 Å². The van der Waals surface area contributed by atoms with Gasteiger partial charge in [0.2, 0.25) is 0 Å². The smallest absolute Gasteiger partial charge is 0.436 e. The molecule has 1 aliphatic heterocycles. The molecule has 35 heavy (non-hydrogen) atoms. The number of rotatable bonds is 7. The molecule has 1 aromatic heterocycles. The van der Waals surface area contributed by atoms with Crippen LogP contribution in [0, 0.1) is 0 Å². The lowest BCUT2D eigenvalue weighted by atomic mass is 10.1. The molecular formula is C24H23F3N4O4. The van der Waals surface area contributed by atoms with Gasteiger partial charge in [0, 0.05) is 13.1 Å². The Morgan fingerprint density at radius 2 is 1.80 bits per heavy atom. The zero-order chi connectivity index (χ0) is 25.3. The number of aliphatic hydroxyl groups excluding tert-OH is 1. The molecule has 1 amide bonds. The van der Waals surface area contributed by atoms with Gasteiger partial charge in [-0.3, -0.25) is 4.79 Å². The normalized spacial score (nSPS) is 14.0. The monoisotopic (exact) mass is 488 g/mol. The highest BCUT2D eigenvalue weighted by molar-refractivity contribution is 6.01. The number of anilines is 1. The predicted molar refractivity (Wildman–Crippen MR) is 120 cm³/mol. The second-order valence-electron chi connectivity index (χ2n) is 8.29. The molecule has 184 valence electrons. The van der Waals surface area contributed by atoms with E-state index in [1.54, 1.807) is 36.1 Å². The van der Waals surface area contributed by atoms with Gasteiger partial charge in [0.05, 0.1) is 24.8 Å². The Kier molecular flexibility index (Phi) is 6.53. The number of benzene rings is 2. The second-order valence-corrected chi connectivity index (χ2v) is 8.29. The first-order valence-corrected chi connectivity index (χ1v) is 10.8. The molecule has 2 aromatic carbocycles. The van der Waals surface area contributed by atoms with Crippen LogP contribution in [0.2, 0.25) is 0 Å². The highest BCUT2D eigenvalue weighted by Crippen LogP contribution is 2.38. The Hall–Kier alpha value is -3.86. The topological polar surface area (TPSA) is 108 Å². The molecule has 1 atom stereocenters. The van der Waals surface area contributed by atoms with Crippen LogP contribution in [0.1, 0.15) is 56.1 Å². The molecule has 3 N–H and O–H groups in total. The number of amides is 1. The third-order valence-corrected chi connectivity index (χ3v) is 5.86. The zero-order valence-corrected chi connectivity index (χ0v) is 18.7. The summed E-state index contributed by atoms with van der Waals surface area (Å²) in [7, 11) is 0. The van der Waals surface area contributed by atoms with E-state index >= 15 is 0 Å². The molecule has 1 aliphatic rings. The number of hydrogen-bond donors (Lipinski definition) is 3. The van der Waals surface area contributed by atoms with Gasteiger partial charge < -0.3 is 20.4 Å². The molecule has 11 heteroatoms. The molecule has 0 fully saturated rings. The average molecular weight is 488 g/mol. The average Bonchev–Trinajstić information content (AvgIpc) is 3.39. The van der Waals surface area contributed by atoms with Crippen molar-refractivity contribution in [1.82, 2.24) is 15.1 Å². The van der Waals surface area contributed by atoms with Gasteiger partial charge in [0.1, 0.15) is 11.4 Å². The number of aliphatic hydroxyl groups is 1. The summed E-state index contributed by atoms with van der Waals surface area (Å²) < 4.78 is 42.7. The lowest BCUT2D eigenvalue weighted by Crippen LogP contribution is -2.31. The minimum atomic E-state index is -4.83. The van der Waals surface area contributed by atoms with Gasteiger partial charge in [-0.05, 0) is 35.7 Å². The van der Waals surface area contributed by atoms with Crippen LogP contribution >= 0.6 is 0 Å². The number of carbonyl (C=O) groups excluding carboxylic acids is 1. The number of hydrogen-bond acceptors (Lipinski definition) is 5. The van der Waals surface area contributed by atoms with Crippen LogP contribution < -0.4 is 10.2 Å². The summed E-state index contributed by atoms with van der Waals surface area (Å²) in [6, 6.07) is 12.1. The Morgan fingerprint density at radius 3 is 2.43 bits per heavy atom. The van der Waals surface area contributed by atoms with E-state index in [0.717, 1.165) is 5.56 Å². The molecule has 4 rings (SSSR count). The summed E-state index contributed by atoms with van der Waals surface area (Å²) in [5.41, 5.74) is 0.236. The molecule has 3 aromatic rings. The number of aromatic carboxylic acids is 1.